The van der Waals surface area contributed by atoms with Crippen LogP contribution in [0.2, 0.25) is 0 Å². The van der Waals surface area contributed by atoms with Crippen molar-refractivity contribution >= 4 is 84.9 Å². The molecule has 4 rings (SSSR count). The van der Waals surface area contributed by atoms with E-state index in [4.69, 9.17) is 11.2 Å². The monoisotopic (exact) mass is 651 g/mol. The highest BCUT2D eigenvalue weighted by atomic mass is 127. The quantitative estimate of drug-likeness (QED) is 0.185. The number of amides is 2. The third-order valence-corrected chi connectivity index (χ3v) is 7.21. The Kier molecular flexibility index (Phi) is 6.89. The first-order valence-corrected chi connectivity index (χ1v) is 12.2. The molecule has 1 fully saturated rings. The summed E-state index contributed by atoms with van der Waals surface area (Å²) in [7, 11) is 0. The van der Waals surface area contributed by atoms with E-state index < -0.39 is 0 Å². The van der Waals surface area contributed by atoms with Crippen LogP contribution in [0, 0.1) is 19.5 Å². The lowest BCUT2D eigenvalue weighted by Crippen LogP contribution is -2.27. The van der Waals surface area contributed by atoms with Gasteiger partial charge in [-0.3, -0.25) is 14.5 Å². The van der Waals surface area contributed by atoms with Gasteiger partial charge in [0, 0.05) is 0 Å². The fraction of sp³-hybridized carbons (Fsp3) is 0.0833. The zero-order valence-electron chi connectivity index (χ0n) is 16.1. The zero-order chi connectivity index (χ0) is 22.0. The number of fused-ring (bicyclic) bond motifs is 1. The summed E-state index contributed by atoms with van der Waals surface area (Å²) in [6.07, 6.45) is 7.03. The summed E-state index contributed by atoms with van der Waals surface area (Å²) in [6, 6.07) is 17.7. The van der Waals surface area contributed by atoms with E-state index in [0.717, 1.165) is 46.6 Å². The SMILES string of the molecule is C#CCOc1c(I)cc(/C=C2/SC(=O)N(Cc3cccc4ccccc34)C2=O)cc1I. The molecule has 0 atom stereocenters. The summed E-state index contributed by atoms with van der Waals surface area (Å²) in [4.78, 5) is 27.3. The molecule has 0 aromatic heterocycles. The van der Waals surface area contributed by atoms with Gasteiger partial charge in [-0.1, -0.05) is 48.4 Å². The minimum Gasteiger partial charge on any atom is -0.479 e. The highest BCUT2D eigenvalue weighted by molar-refractivity contribution is 14.1. The fourth-order valence-electron chi connectivity index (χ4n) is 3.30. The van der Waals surface area contributed by atoms with E-state index in [1.54, 1.807) is 6.08 Å². The number of imide groups is 1. The highest BCUT2D eigenvalue weighted by Gasteiger charge is 2.35. The van der Waals surface area contributed by atoms with Gasteiger partial charge in [0.25, 0.3) is 11.1 Å². The Bertz CT molecular complexity index is 1250. The Labute approximate surface area is 211 Å². The van der Waals surface area contributed by atoms with Gasteiger partial charge in [0.1, 0.15) is 12.4 Å². The van der Waals surface area contributed by atoms with Crippen LogP contribution in [0.4, 0.5) is 4.79 Å². The molecule has 2 amide bonds. The van der Waals surface area contributed by atoms with E-state index in [0.29, 0.717) is 4.91 Å². The molecule has 1 aliphatic rings. The average Bonchev–Trinajstić information content (AvgIpc) is 3.01. The van der Waals surface area contributed by atoms with E-state index in [-0.39, 0.29) is 24.3 Å². The smallest absolute Gasteiger partial charge is 0.293 e. The van der Waals surface area contributed by atoms with E-state index in [9.17, 15) is 9.59 Å². The number of benzene rings is 3. The molecule has 3 aromatic carbocycles. The fourth-order valence-corrected chi connectivity index (χ4v) is 6.27. The van der Waals surface area contributed by atoms with Crippen molar-refractivity contribution in [1.29, 1.82) is 0 Å². The number of carbonyl (C=O) groups is 2. The first kappa shape index (κ1) is 22.2. The van der Waals surface area contributed by atoms with Gasteiger partial charge in [-0.15, -0.1) is 6.42 Å². The summed E-state index contributed by atoms with van der Waals surface area (Å²) in [5, 5.41) is 1.86. The van der Waals surface area contributed by atoms with Crippen molar-refractivity contribution in [3.05, 3.63) is 77.8 Å². The van der Waals surface area contributed by atoms with E-state index >= 15 is 0 Å². The van der Waals surface area contributed by atoms with Crippen LogP contribution in [-0.2, 0) is 11.3 Å². The second-order valence-corrected chi connectivity index (χ2v) is 10.0. The molecule has 1 aliphatic heterocycles. The molecule has 0 saturated carbocycles. The van der Waals surface area contributed by atoms with Gasteiger partial charge < -0.3 is 4.74 Å². The summed E-state index contributed by atoms with van der Waals surface area (Å²) in [6.45, 7) is 0.440. The van der Waals surface area contributed by atoms with Gasteiger partial charge in [0.05, 0.1) is 18.6 Å². The van der Waals surface area contributed by atoms with Crippen molar-refractivity contribution in [2.75, 3.05) is 6.61 Å². The maximum Gasteiger partial charge on any atom is 0.293 e. The third kappa shape index (κ3) is 4.76. The van der Waals surface area contributed by atoms with Crippen LogP contribution in [0.3, 0.4) is 0 Å². The summed E-state index contributed by atoms with van der Waals surface area (Å²) < 4.78 is 7.37. The first-order valence-electron chi connectivity index (χ1n) is 9.25. The number of ether oxygens (including phenoxy) is 1. The number of halogens is 2. The molecule has 1 saturated heterocycles. The van der Waals surface area contributed by atoms with Crippen LogP contribution >= 0.6 is 56.9 Å². The summed E-state index contributed by atoms with van der Waals surface area (Å²) in [5.41, 5.74) is 1.78. The molecule has 154 valence electrons. The predicted molar refractivity (Wildman–Crippen MR) is 142 cm³/mol. The normalized spacial score (nSPS) is 15.0. The lowest BCUT2D eigenvalue weighted by atomic mass is 10.0. The summed E-state index contributed by atoms with van der Waals surface area (Å²) in [5.74, 6) is 2.90. The Morgan fingerprint density at radius 1 is 1.06 bits per heavy atom. The number of terminal acetylenes is 1. The molecular weight excluding hydrogens is 636 g/mol. The van der Waals surface area contributed by atoms with E-state index in [1.165, 1.54) is 4.90 Å². The number of hydrogen-bond donors (Lipinski definition) is 0. The lowest BCUT2D eigenvalue weighted by Gasteiger charge is -2.14. The van der Waals surface area contributed by atoms with Crippen molar-refractivity contribution in [1.82, 2.24) is 4.90 Å². The highest BCUT2D eigenvalue weighted by Crippen LogP contribution is 2.36. The number of hydrogen-bond acceptors (Lipinski definition) is 4. The Balaban J connectivity index is 1.60. The van der Waals surface area contributed by atoms with Crippen LogP contribution in [-0.4, -0.2) is 22.7 Å². The molecule has 0 spiro atoms. The second kappa shape index (κ2) is 9.63. The van der Waals surface area contributed by atoms with Gasteiger partial charge in [0.2, 0.25) is 0 Å². The molecule has 0 bridgehead atoms. The van der Waals surface area contributed by atoms with Crippen molar-refractivity contribution in [3.63, 3.8) is 0 Å². The van der Waals surface area contributed by atoms with Crippen molar-refractivity contribution in [2.24, 2.45) is 0 Å². The number of rotatable bonds is 5. The largest absolute Gasteiger partial charge is 0.479 e. The Hall–Kier alpha value is -2.03. The molecule has 3 aromatic rings. The second-order valence-electron chi connectivity index (χ2n) is 6.71. The van der Waals surface area contributed by atoms with E-state index in [2.05, 4.69) is 51.1 Å². The molecule has 1 heterocycles. The molecule has 7 heteroatoms. The van der Waals surface area contributed by atoms with Crippen molar-refractivity contribution in [2.45, 2.75) is 6.54 Å². The maximum absolute atomic E-state index is 13.0. The van der Waals surface area contributed by atoms with Crippen LogP contribution in [0.25, 0.3) is 16.8 Å². The average molecular weight is 651 g/mol. The van der Waals surface area contributed by atoms with Gasteiger partial charge in [-0.05, 0) is 97.1 Å². The Morgan fingerprint density at radius 3 is 2.52 bits per heavy atom. The molecule has 31 heavy (non-hydrogen) atoms. The van der Waals surface area contributed by atoms with Crippen LogP contribution in [0.5, 0.6) is 5.75 Å². The molecule has 0 N–H and O–H groups in total. The third-order valence-electron chi connectivity index (χ3n) is 4.70. The minimum absolute atomic E-state index is 0.193. The topological polar surface area (TPSA) is 46.6 Å². The predicted octanol–water partition coefficient (Wildman–Crippen LogP) is 6.30. The van der Waals surface area contributed by atoms with Gasteiger partial charge in [-0.2, -0.15) is 0 Å². The minimum atomic E-state index is -0.277. The van der Waals surface area contributed by atoms with Gasteiger partial charge in [0.15, 0.2) is 0 Å². The van der Waals surface area contributed by atoms with Crippen LogP contribution in [0.1, 0.15) is 11.1 Å². The number of carbonyl (C=O) groups excluding carboxylic acids is 2. The number of nitrogens with zero attached hydrogens (tertiary/aromatic N) is 1. The summed E-state index contributed by atoms with van der Waals surface area (Å²) >= 11 is 5.32. The maximum atomic E-state index is 13.0. The molecule has 0 radical (unpaired) electrons. The lowest BCUT2D eigenvalue weighted by molar-refractivity contribution is -0.123. The molecule has 0 aliphatic carbocycles. The standard InChI is InChI=1S/C24H15I2NO3S/c1-2-10-30-22-19(25)11-15(12-20(22)26)13-21-23(28)27(24(29)31-21)14-17-8-5-7-16-6-3-4-9-18(16)17/h1,3-9,11-13H,10,14H2/b21-13+. The van der Waals surface area contributed by atoms with Crippen LogP contribution < -0.4 is 4.74 Å². The van der Waals surface area contributed by atoms with Crippen molar-refractivity contribution < 1.29 is 14.3 Å². The van der Waals surface area contributed by atoms with Crippen LogP contribution in [0.15, 0.2) is 59.5 Å². The number of thioether (sulfide) groups is 1. The van der Waals surface area contributed by atoms with Crippen molar-refractivity contribution in [3.8, 4) is 18.1 Å². The molecule has 4 nitrogen and oxygen atoms in total. The van der Waals surface area contributed by atoms with Gasteiger partial charge in [-0.25, -0.2) is 0 Å². The zero-order valence-corrected chi connectivity index (χ0v) is 21.2. The van der Waals surface area contributed by atoms with Gasteiger partial charge >= 0.3 is 0 Å². The molecule has 0 unspecified atom stereocenters. The first-order chi connectivity index (χ1) is 15.0. The molecular formula is C24H15I2NO3S. The Morgan fingerprint density at radius 2 is 1.77 bits per heavy atom. The van der Waals surface area contributed by atoms with E-state index in [1.807, 2.05) is 54.6 Å².